The highest BCUT2D eigenvalue weighted by molar-refractivity contribution is 5.91. The molecule has 5 N–H and O–H groups in total. The average molecular weight is 289 g/mol. The van der Waals surface area contributed by atoms with E-state index in [1.807, 2.05) is 12.2 Å². The van der Waals surface area contributed by atoms with Crippen molar-refractivity contribution in [2.24, 2.45) is 0 Å². The topological polar surface area (TPSA) is 96.6 Å². The molecule has 0 aliphatic heterocycles. The maximum Gasteiger partial charge on any atom is 0.337 e. The first kappa shape index (κ1) is 14.9. The number of anilines is 2. The molecule has 1 aromatic carbocycles. The Labute approximate surface area is 123 Å². The van der Waals surface area contributed by atoms with Crippen LogP contribution in [0.1, 0.15) is 13.3 Å². The molecule has 2 rings (SSSR count). The molecule has 0 amide bonds. The lowest BCUT2D eigenvalue weighted by atomic mass is 10.0. The first-order valence-corrected chi connectivity index (χ1v) is 6.75. The van der Waals surface area contributed by atoms with Crippen LogP contribution < -0.4 is 16.6 Å². The number of nitrogen functional groups attached to an aromatic ring is 1. The predicted octanol–water partition coefficient (Wildman–Crippen LogP) is 1.71. The SMILES string of the molecule is CCOC(=O)C1=CCC(NNc2ccc(N)cc2O)C=C1. The van der Waals surface area contributed by atoms with Gasteiger partial charge in [0.05, 0.1) is 17.9 Å². The summed E-state index contributed by atoms with van der Waals surface area (Å²) in [7, 11) is 0. The fraction of sp³-hybridized carbons (Fsp3) is 0.267. The van der Waals surface area contributed by atoms with E-state index in [0.717, 1.165) is 0 Å². The summed E-state index contributed by atoms with van der Waals surface area (Å²) in [6, 6.07) is 4.86. The third kappa shape index (κ3) is 4.00. The molecule has 0 aromatic heterocycles. The van der Waals surface area contributed by atoms with Crippen LogP contribution in [-0.2, 0) is 9.53 Å². The summed E-state index contributed by atoms with van der Waals surface area (Å²) in [5.74, 6) is -0.235. The van der Waals surface area contributed by atoms with Crippen LogP contribution in [0.15, 0.2) is 42.0 Å². The van der Waals surface area contributed by atoms with Gasteiger partial charge in [-0.05, 0) is 25.5 Å². The van der Waals surface area contributed by atoms with E-state index in [9.17, 15) is 9.90 Å². The molecule has 6 heteroatoms. The van der Waals surface area contributed by atoms with Crippen molar-refractivity contribution in [2.75, 3.05) is 17.8 Å². The number of rotatable bonds is 5. The largest absolute Gasteiger partial charge is 0.506 e. The number of hydrazine groups is 1. The van der Waals surface area contributed by atoms with Crippen molar-refractivity contribution in [3.63, 3.8) is 0 Å². The summed E-state index contributed by atoms with van der Waals surface area (Å²) in [6.07, 6.45) is 6.06. The van der Waals surface area contributed by atoms with Crippen molar-refractivity contribution in [2.45, 2.75) is 19.4 Å². The molecule has 21 heavy (non-hydrogen) atoms. The van der Waals surface area contributed by atoms with Gasteiger partial charge in [-0.3, -0.25) is 0 Å². The molecule has 0 saturated heterocycles. The Balaban J connectivity index is 1.87. The van der Waals surface area contributed by atoms with E-state index < -0.39 is 0 Å². The van der Waals surface area contributed by atoms with Gasteiger partial charge in [-0.15, -0.1) is 0 Å². The van der Waals surface area contributed by atoms with Gasteiger partial charge in [0.1, 0.15) is 5.75 Å². The molecule has 1 unspecified atom stereocenters. The molecule has 0 saturated carbocycles. The van der Waals surface area contributed by atoms with Gasteiger partial charge in [-0.25, -0.2) is 10.2 Å². The van der Waals surface area contributed by atoms with Crippen molar-refractivity contribution < 1.29 is 14.6 Å². The minimum atomic E-state index is -0.309. The minimum absolute atomic E-state index is 0.0140. The highest BCUT2D eigenvalue weighted by atomic mass is 16.5. The normalized spacial score (nSPS) is 17.2. The van der Waals surface area contributed by atoms with Crippen LogP contribution in [-0.4, -0.2) is 23.7 Å². The number of hydrogen-bond donors (Lipinski definition) is 4. The highest BCUT2D eigenvalue weighted by Crippen LogP contribution is 2.24. The molecule has 0 spiro atoms. The number of carbonyl (C=O) groups excluding carboxylic acids is 1. The maximum atomic E-state index is 11.5. The van der Waals surface area contributed by atoms with Gasteiger partial charge in [0.25, 0.3) is 0 Å². The van der Waals surface area contributed by atoms with Gasteiger partial charge in [0.15, 0.2) is 0 Å². The fourth-order valence-corrected chi connectivity index (χ4v) is 1.92. The number of ether oxygens (including phenoxy) is 1. The predicted molar refractivity (Wildman–Crippen MR) is 81.5 cm³/mol. The quantitative estimate of drug-likeness (QED) is 0.285. The molecule has 6 nitrogen and oxygen atoms in total. The number of benzene rings is 1. The van der Waals surface area contributed by atoms with E-state index in [1.54, 1.807) is 25.1 Å². The first-order chi connectivity index (χ1) is 10.1. The van der Waals surface area contributed by atoms with Crippen LogP contribution >= 0.6 is 0 Å². The van der Waals surface area contributed by atoms with E-state index in [-0.39, 0.29) is 17.8 Å². The molecular formula is C15H19N3O3. The van der Waals surface area contributed by atoms with Crippen LogP contribution in [0, 0.1) is 0 Å². The summed E-state index contributed by atoms with van der Waals surface area (Å²) in [4.78, 5) is 11.5. The standard InChI is InChI=1S/C15H19N3O3/c1-2-21-15(20)10-3-6-12(7-4-10)17-18-13-8-5-11(16)9-14(13)19/h3-6,8-9,12,17-19H,2,7,16H2,1H3. The smallest absolute Gasteiger partial charge is 0.337 e. The van der Waals surface area contributed by atoms with Gasteiger partial charge >= 0.3 is 5.97 Å². The van der Waals surface area contributed by atoms with E-state index in [2.05, 4.69) is 10.9 Å². The number of esters is 1. The van der Waals surface area contributed by atoms with Gasteiger partial charge in [-0.1, -0.05) is 18.2 Å². The van der Waals surface area contributed by atoms with Gasteiger partial charge in [-0.2, -0.15) is 0 Å². The number of phenolic OH excluding ortho intramolecular Hbond substituents is 1. The summed E-state index contributed by atoms with van der Waals surface area (Å²) in [6.45, 7) is 2.14. The number of nitrogens with two attached hydrogens (primary N) is 1. The first-order valence-electron chi connectivity index (χ1n) is 6.75. The summed E-state index contributed by atoms with van der Waals surface area (Å²) < 4.78 is 4.93. The van der Waals surface area contributed by atoms with Crippen molar-refractivity contribution in [1.29, 1.82) is 0 Å². The van der Waals surface area contributed by atoms with Crippen LogP contribution in [0.3, 0.4) is 0 Å². The van der Waals surface area contributed by atoms with Crippen molar-refractivity contribution in [1.82, 2.24) is 5.43 Å². The Bertz CT molecular complexity index is 582. The molecule has 1 aliphatic carbocycles. The van der Waals surface area contributed by atoms with E-state index in [0.29, 0.717) is 30.0 Å². The van der Waals surface area contributed by atoms with Gasteiger partial charge in [0, 0.05) is 17.8 Å². The van der Waals surface area contributed by atoms with Crippen molar-refractivity contribution in [3.8, 4) is 5.75 Å². The zero-order valence-electron chi connectivity index (χ0n) is 11.8. The highest BCUT2D eigenvalue weighted by Gasteiger charge is 2.14. The Hall–Kier alpha value is -2.47. The van der Waals surface area contributed by atoms with Gasteiger partial charge < -0.3 is 21.0 Å². The number of nitrogens with one attached hydrogen (secondary N) is 2. The lowest BCUT2D eigenvalue weighted by Gasteiger charge is -2.19. The van der Waals surface area contributed by atoms with Crippen LogP contribution in [0.2, 0.25) is 0 Å². The van der Waals surface area contributed by atoms with Crippen LogP contribution in [0.5, 0.6) is 5.75 Å². The Morgan fingerprint density at radius 3 is 2.95 bits per heavy atom. The maximum absolute atomic E-state index is 11.5. The van der Waals surface area contributed by atoms with Crippen molar-refractivity contribution in [3.05, 3.63) is 42.0 Å². The fourth-order valence-electron chi connectivity index (χ4n) is 1.92. The second-order valence-corrected chi connectivity index (χ2v) is 4.63. The Morgan fingerprint density at radius 1 is 1.52 bits per heavy atom. The molecule has 0 bridgehead atoms. The average Bonchev–Trinajstić information content (AvgIpc) is 2.47. The molecular weight excluding hydrogens is 270 g/mol. The number of hydrogen-bond acceptors (Lipinski definition) is 6. The van der Waals surface area contributed by atoms with Crippen molar-refractivity contribution >= 4 is 17.3 Å². The summed E-state index contributed by atoms with van der Waals surface area (Å²) in [5, 5.41) is 9.72. The van der Waals surface area contributed by atoms with E-state index in [4.69, 9.17) is 10.5 Å². The number of phenols is 1. The van der Waals surface area contributed by atoms with E-state index >= 15 is 0 Å². The summed E-state index contributed by atoms with van der Waals surface area (Å²) in [5.41, 5.74) is 13.1. The molecule has 0 heterocycles. The molecule has 1 aromatic rings. The number of carbonyl (C=O) groups is 1. The summed E-state index contributed by atoms with van der Waals surface area (Å²) >= 11 is 0. The lowest BCUT2D eigenvalue weighted by Crippen LogP contribution is -2.33. The zero-order valence-corrected chi connectivity index (χ0v) is 11.8. The zero-order chi connectivity index (χ0) is 15.2. The van der Waals surface area contributed by atoms with E-state index in [1.165, 1.54) is 6.07 Å². The van der Waals surface area contributed by atoms with Crippen LogP contribution in [0.4, 0.5) is 11.4 Å². The molecule has 1 atom stereocenters. The third-order valence-electron chi connectivity index (χ3n) is 3.02. The molecule has 0 fully saturated rings. The van der Waals surface area contributed by atoms with Crippen LogP contribution in [0.25, 0.3) is 0 Å². The Kier molecular flexibility index (Phi) is 4.84. The molecule has 112 valence electrons. The minimum Gasteiger partial charge on any atom is -0.506 e. The monoisotopic (exact) mass is 289 g/mol. The molecule has 1 aliphatic rings. The van der Waals surface area contributed by atoms with Gasteiger partial charge in [0.2, 0.25) is 0 Å². The third-order valence-corrected chi connectivity index (χ3v) is 3.02. The second-order valence-electron chi connectivity index (χ2n) is 4.63. The second kappa shape index (κ2) is 6.81. The lowest BCUT2D eigenvalue weighted by molar-refractivity contribution is -0.138. The Morgan fingerprint density at radius 2 is 2.33 bits per heavy atom. The molecule has 0 radical (unpaired) electrons. The number of aromatic hydroxyl groups is 1.